The van der Waals surface area contributed by atoms with Crippen molar-refractivity contribution in [3.05, 3.63) is 40.4 Å². The lowest BCUT2D eigenvalue weighted by Gasteiger charge is -2.23. The zero-order valence-electron chi connectivity index (χ0n) is 11.5. The number of fused-ring (bicyclic) bond motifs is 1. The zero-order chi connectivity index (χ0) is 14.4. The first-order valence-electron chi connectivity index (χ1n) is 6.77. The van der Waals surface area contributed by atoms with Crippen molar-refractivity contribution >= 4 is 29.1 Å². The van der Waals surface area contributed by atoms with Crippen LogP contribution in [0, 0.1) is 11.8 Å². The molecule has 1 aromatic rings. The van der Waals surface area contributed by atoms with Gasteiger partial charge in [0.25, 0.3) is 0 Å². The van der Waals surface area contributed by atoms with Gasteiger partial charge < -0.3 is 0 Å². The topological polar surface area (TPSA) is 37.4 Å². The highest BCUT2D eigenvalue weighted by Gasteiger charge is 2.49. The molecule has 2 aliphatic rings. The summed E-state index contributed by atoms with van der Waals surface area (Å²) in [6.45, 7) is 4.10. The van der Waals surface area contributed by atoms with Crippen LogP contribution in [0.3, 0.4) is 0 Å². The molecule has 20 heavy (non-hydrogen) atoms. The van der Waals surface area contributed by atoms with Gasteiger partial charge in [0.2, 0.25) is 11.8 Å². The zero-order valence-corrected chi connectivity index (χ0v) is 12.3. The van der Waals surface area contributed by atoms with E-state index in [1.807, 2.05) is 13.8 Å². The molecule has 0 N–H and O–H groups in total. The highest BCUT2D eigenvalue weighted by atomic mass is 35.5. The molecular weight excluding hydrogens is 274 g/mol. The number of rotatable bonds is 1. The Morgan fingerprint density at radius 2 is 1.40 bits per heavy atom. The summed E-state index contributed by atoms with van der Waals surface area (Å²) in [4.78, 5) is 26.4. The number of allylic oxidation sites excluding steroid dienone is 2. The van der Waals surface area contributed by atoms with Crippen LogP contribution in [-0.2, 0) is 9.59 Å². The van der Waals surface area contributed by atoms with Crippen LogP contribution in [0.5, 0.6) is 0 Å². The summed E-state index contributed by atoms with van der Waals surface area (Å²) in [5, 5.41) is 0.596. The minimum atomic E-state index is -0.193. The number of hydrogen-bond acceptors (Lipinski definition) is 2. The number of imide groups is 1. The molecule has 1 heterocycles. The Balaban J connectivity index is 1.95. The van der Waals surface area contributed by atoms with E-state index in [1.54, 1.807) is 24.3 Å². The number of nitrogens with zero attached hydrogens (tertiary/aromatic N) is 1. The van der Waals surface area contributed by atoms with Gasteiger partial charge in [-0.2, -0.15) is 0 Å². The van der Waals surface area contributed by atoms with Crippen molar-refractivity contribution in [2.45, 2.75) is 26.7 Å². The van der Waals surface area contributed by atoms with E-state index >= 15 is 0 Å². The average molecular weight is 290 g/mol. The summed E-state index contributed by atoms with van der Waals surface area (Å²) >= 11 is 5.86. The van der Waals surface area contributed by atoms with E-state index in [9.17, 15) is 9.59 Å². The Morgan fingerprint density at radius 1 is 0.950 bits per heavy atom. The maximum atomic E-state index is 12.5. The van der Waals surface area contributed by atoms with Gasteiger partial charge in [-0.05, 0) is 51.0 Å². The van der Waals surface area contributed by atoms with Gasteiger partial charge in [-0.15, -0.1) is 0 Å². The molecule has 1 aromatic carbocycles. The van der Waals surface area contributed by atoms with Crippen molar-refractivity contribution in [3.63, 3.8) is 0 Å². The summed E-state index contributed by atoms with van der Waals surface area (Å²) in [6, 6.07) is 6.85. The fourth-order valence-electron chi connectivity index (χ4n) is 3.10. The number of anilines is 1. The van der Waals surface area contributed by atoms with Gasteiger partial charge in [-0.3, -0.25) is 14.5 Å². The second-order valence-electron chi connectivity index (χ2n) is 5.67. The quantitative estimate of drug-likeness (QED) is 0.585. The second-order valence-corrected chi connectivity index (χ2v) is 6.11. The van der Waals surface area contributed by atoms with Crippen molar-refractivity contribution < 1.29 is 9.59 Å². The lowest BCUT2D eigenvalue weighted by Crippen LogP contribution is -2.30. The monoisotopic (exact) mass is 289 g/mol. The Labute approximate surface area is 123 Å². The molecule has 3 nitrogen and oxygen atoms in total. The van der Waals surface area contributed by atoms with E-state index in [2.05, 4.69) is 0 Å². The molecule has 0 spiro atoms. The van der Waals surface area contributed by atoms with Gasteiger partial charge in [-0.25, -0.2) is 0 Å². The lowest BCUT2D eigenvalue weighted by atomic mass is 9.78. The molecule has 0 saturated carbocycles. The van der Waals surface area contributed by atoms with Gasteiger partial charge in [0.15, 0.2) is 0 Å². The Kier molecular flexibility index (Phi) is 3.17. The van der Waals surface area contributed by atoms with Crippen LogP contribution in [0.15, 0.2) is 35.4 Å². The minimum absolute atomic E-state index is 0.0748. The Bertz CT molecular complexity index is 586. The SMILES string of the molecule is CC1=C(C)CC2C(=O)N(c3ccc(Cl)cc3)C(=O)C2C1. The molecule has 0 radical (unpaired) electrons. The number of amides is 2. The molecule has 0 bridgehead atoms. The van der Waals surface area contributed by atoms with E-state index in [0.717, 1.165) is 0 Å². The number of carbonyl (C=O) groups excluding carboxylic acids is 2. The van der Waals surface area contributed by atoms with Crippen molar-refractivity contribution in [3.8, 4) is 0 Å². The third-order valence-electron chi connectivity index (χ3n) is 4.43. The van der Waals surface area contributed by atoms with E-state index < -0.39 is 0 Å². The molecule has 1 fully saturated rings. The van der Waals surface area contributed by atoms with Crippen LogP contribution in [0.2, 0.25) is 5.02 Å². The van der Waals surface area contributed by atoms with Crippen LogP contribution >= 0.6 is 11.6 Å². The van der Waals surface area contributed by atoms with Gasteiger partial charge in [-0.1, -0.05) is 22.7 Å². The number of halogens is 1. The van der Waals surface area contributed by atoms with Crippen LogP contribution in [0.25, 0.3) is 0 Å². The van der Waals surface area contributed by atoms with Crippen LogP contribution in [0.1, 0.15) is 26.7 Å². The van der Waals surface area contributed by atoms with Crippen molar-refractivity contribution in [2.75, 3.05) is 4.90 Å². The molecule has 2 amide bonds. The molecule has 1 aliphatic heterocycles. The van der Waals surface area contributed by atoms with Crippen molar-refractivity contribution in [1.29, 1.82) is 0 Å². The Morgan fingerprint density at radius 3 is 1.85 bits per heavy atom. The van der Waals surface area contributed by atoms with E-state index in [1.165, 1.54) is 16.0 Å². The summed E-state index contributed by atoms with van der Waals surface area (Å²) in [5.74, 6) is -0.535. The molecule has 104 valence electrons. The minimum Gasteiger partial charge on any atom is -0.274 e. The predicted molar refractivity (Wildman–Crippen MR) is 78.5 cm³/mol. The molecule has 0 aromatic heterocycles. The largest absolute Gasteiger partial charge is 0.274 e. The van der Waals surface area contributed by atoms with E-state index in [-0.39, 0.29) is 23.7 Å². The first kappa shape index (κ1) is 13.4. The molecule has 1 saturated heterocycles. The fraction of sp³-hybridized carbons (Fsp3) is 0.375. The average Bonchev–Trinajstić information content (AvgIpc) is 2.65. The van der Waals surface area contributed by atoms with Gasteiger partial charge in [0.05, 0.1) is 17.5 Å². The standard InChI is InChI=1S/C16H16ClNO2/c1-9-7-13-14(8-10(9)2)16(20)18(15(13)19)12-5-3-11(17)4-6-12/h3-6,13-14H,7-8H2,1-2H3. The summed E-state index contributed by atoms with van der Waals surface area (Å²) in [5.41, 5.74) is 3.10. The van der Waals surface area contributed by atoms with Crippen LogP contribution in [0.4, 0.5) is 5.69 Å². The van der Waals surface area contributed by atoms with Gasteiger partial charge >= 0.3 is 0 Å². The smallest absolute Gasteiger partial charge is 0.238 e. The van der Waals surface area contributed by atoms with E-state index in [0.29, 0.717) is 23.6 Å². The molecule has 2 unspecified atom stereocenters. The third kappa shape index (κ3) is 1.97. The fourth-order valence-corrected chi connectivity index (χ4v) is 3.22. The van der Waals surface area contributed by atoms with Gasteiger partial charge in [0.1, 0.15) is 0 Å². The highest BCUT2D eigenvalue weighted by Crippen LogP contribution is 2.42. The summed E-state index contributed by atoms with van der Waals surface area (Å²) in [6.07, 6.45) is 1.40. The molecular formula is C16H16ClNO2. The summed E-state index contributed by atoms with van der Waals surface area (Å²) < 4.78 is 0. The summed E-state index contributed by atoms with van der Waals surface area (Å²) in [7, 11) is 0. The molecule has 1 aliphatic carbocycles. The third-order valence-corrected chi connectivity index (χ3v) is 4.68. The highest BCUT2D eigenvalue weighted by molar-refractivity contribution is 6.30. The molecule has 4 heteroatoms. The van der Waals surface area contributed by atoms with E-state index in [4.69, 9.17) is 11.6 Å². The Hall–Kier alpha value is -1.61. The van der Waals surface area contributed by atoms with Crippen molar-refractivity contribution in [1.82, 2.24) is 0 Å². The maximum Gasteiger partial charge on any atom is 0.238 e. The predicted octanol–water partition coefficient (Wildman–Crippen LogP) is 3.58. The molecule has 3 rings (SSSR count). The van der Waals surface area contributed by atoms with Crippen molar-refractivity contribution in [2.24, 2.45) is 11.8 Å². The normalized spacial score (nSPS) is 26.2. The number of carbonyl (C=O) groups is 2. The number of benzene rings is 1. The number of hydrogen-bond donors (Lipinski definition) is 0. The maximum absolute atomic E-state index is 12.5. The first-order chi connectivity index (χ1) is 9.49. The van der Waals surface area contributed by atoms with Gasteiger partial charge in [0, 0.05) is 5.02 Å². The first-order valence-corrected chi connectivity index (χ1v) is 7.15. The lowest BCUT2D eigenvalue weighted by molar-refractivity contribution is -0.122. The molecule has 2 atom stereocenters. The second kappa shape index (κ2) is 4.74. The van der Waals surface area contributed by atoms with Crippen LogP contribution in [-0.4, -0.2) is 11.8 Å². The van der Waals surface area contributed by atoms with Crippen LogP contribution < -0.4 is 4.90 Å².